The van der Waals surface area contributed by atoms with Gasteiger partial charge in [-0.05, 0) is 6.07 Å². The highest BCUT2D eigenvalue weighted by molar-refractivity contribution is 7.89. The third-order valence-corrected chi connectivity index (χ3v) is 2.55. The predicted molar refractivity (Wildman–Crippen MR) is 47.4 cm³/mol. The van der Waals surface area contributed by atoms with Crippen molar-refractivity contribution in [2.45, 2.75) is 11.4 Å². The van der Waals surface area contributed by atoms with E-state index in [0.29, 0.717) is 5.56 Å². The molecular formula is C7H10N2O3S. The van der Waals surface area contributed by atoms with Crippen LogP contribution < -0.4 is 10.9 Å². The molecule has 0 aromatic heterocycles. The minimum absolute atomic E-state index is 0.0647. The summed E-state index contributed by atoms with van der Waals surface area (Å²) in [6, 6.07) is 4.23. The average Bonchev–Trinajstić information content (AvgIpc) is 2.02. The Morgan fingerprint density at radius 3 is 2.46 bits per heavy atom. The second-order valence-corrected chi connectivity index (χ2v) is 4.04. The number of hydrogen-bond donors (Lipinski definition) is 3. The highest BCUT2D eigenvalue weighted by Crippen LogP contribution is 2.24. The molecule has 72 valence electrons. The zero-order valence-corrected chi connectivity index (χ0v) is 7.58. The third-order valence-electron chi connectivity index (χ3n) is 1.61. The molecule has 0 atom stereocenters. The fourth-order valence-electron chi connectivity index (χ4n) is 0.962. The molecule has 0 heterocycles. The Balaban J connectivity index is 3.41. The second kappa shape index (κ2) is 3.33. The Morgan fingerprint density at radius 1 is 1.38 bits per heavy atom. The fourth-order valence-corrected chi connectivity index (χ4v) is 1.63. The van der Waals surface area contributed by atoms with Crippen molar-refractivity contribution < 1.29 is 13.5 Å². The van der Waals surface area contributed by atoms with Crippen molar-refractivity contribution in [2.75, 3.05) is 0 Å². The quantitative estimate of drug-likeness (QED) is 0.600. The molecule has 0 aliphatic heterocycles. The smallest absolute Gasteiger partial charge is 0.241 e. The number of hydrogen-bond acceptors (Lipinski definition) is 4. The van der Waals surface area contributed by atoms with Gasteiger partial charge in [-0.15, -0.1) is 0 Å². The van der Waals surface area contributed by atoms with Crippen molar-refractivity contribution in [3.05, 3.63) is 23.8 Å². The number of nitrogens with two attached hydrogens (primary N) is 2. The lowest BCUT2D eigenvalue weighted by atomic mass is 10.2. The van der Waals surface area contributed by atoms with Gasteiger partial charge in [0.05, 0.1) is 0 Å². The third kappa shape index (κ3) is 1.97. The summed E-state index contributed by atoms with van der Waals surface area (Å²) in [4.78, 5) is -0.296. The molecule has 0 bridgehead atoms. The summed E-state index contributed by atoms with van der Waals surface area (Å²) in [5.74, 6) is -0.368. The number of aromatic hydroxyl groups is 1. The van der Waals surface area contributed by atoms with Crippen molar-refractivity contribution in [3.63, 3.8) is 0 Å². The van der Waals surface area contributed by atoms with E-state index in [9.17, 15) is 13.5 Å². The minimum atomic E-state index is -3.87. The molecule has 0 fully saturated rings. The van der Waals surface area contributed by atoms with E-state index in [0.717, 1.165) is 0 Å². The molecule has 0 amide bonds. The van der Waals surface area contributed by atoms with Crippen molar-refractivity contribution in [1.29, 1.82) is 0 Å². The van der Waals surface area contributed by atoms with Gasteiger partial charge in [0.15, 0.2) is 0 Å². The molecule has 0 unspecified atom stereocenters. The van der Waals surface area contributed by atoms with Crippen LogP contribution in [0.15, 0.2) is 23.1 Å². The summed E-state index contributed by atoms with van der Waals surface area (Å²) in [5.41, 5.74) is 5.62. The maximum atomic E-state index is 10.9. The monoisotopic (exact) mass is 202 g/mol. The van der Waals surface area contributed by atoms with Crippen LogP contribution in [-0.4, -0.2) is 13.5 Å². The molecule has 0 saturated heterocycles. The fraction of sp³-hybridized carbons (Fsp3) is 0.143. The van der Waals surface area contributed by atoms with Crippen LogP contribution in [-0.2, 0) is 16.6 Å². The van der Waals surface area contributed by atoms with Gasteiger partial charge in [-0.2, -0.15) is 0 Å². The average molecular weight is 202 g/mol. The van der Waals surface area contributed by atoms with Crippen LogP contribution in [0.3, 0.4) is 0 Å². The molecule has 5 N–H and O–H groups in total. The standard InChI is InChI=1S/C7H10N2O3S/c8-4-5-2-1-3-6(7(5)10)13(9,11)12/h1-3,10H,4,8H2,(H2,9,11,12). The Labute approximate surface area is 76.0 Å². The van der Waals surface area contributed by atoms with Gasteiger partial charge in [-0.3, -0.25) is 0 Å². The number of primary sulfonamides is 1. The van der Waals surface area contributed by atoms with Crippen LogP contribution in [0.25, 0.3) is 0 Å². The van der Waals surface area contributed by atoms with Gasteiger partial charge in [0.1, 0.15) is 10.6 Å². The molecule has 1 aromatic rings. The first-order valence-electron chi connectivity index (χ1n) is 3.50. The summed E-state index contributed by atoms with van der Waals surface area (Å²) in [7, 11) is -3.87. The number of phenolic OH excluding ortho intramolecular Hbond substituents is 1. The lowest BCUT2D eigenvalue weighted by Gasteiger charge is -2.05. The number of para-hydroxylation sites is 1. The molecule has 1 aromatic carbocycles. The Morgan fingerprint density at radius 2 is 2.00 bits per heavy atom. The second-order valence-electron chi connectivity index (χ2n) is 2.51. The molecule has 0 aliphatic rings. The first-order valence-corrected chi connectivity index (χ1v) is 5.05. The number of rotatable bonds is 2. The molecule has 0 saturated carbocycles. The minimum Gasteiger partial charge on any atom is -0.506 e. The zero-order chi connectivity index (χ0) is 10.1. The molecule has 1 rings (SSSR count). The van der Waals surface area contributed by atoms with Crippen molar-refractivity contribution in [2.24, 2.45) is 10.9 Å². The summed E-state index contributed by atoms with van der Waals surface area (Å²) < 4.78 is 21.8. The van der Waals surface area contributed by atoms with Crippen molar-refractivity contribution >= 4 is 10.0 Å². The Bertz CT molecular complexity index is 414. The first-order chi connectivity index (χ1) is 5.96. The van der Waals surface area contributed by atoms with Crippen LogP contribution in [0.5, 0.6) is 5.75 Å². The van der Waals surface area contributed by atoms with E-state index in [2.05, 4.69) is 0 Å². The number of benzene rings is 1. The summed E-state index contributed by atoms with van der Waals surface area (Å²) in [6.07, 6.45) is 0. The number of sulfonamides is 1. The van der Waals surface area contributed by atoms with E-state index in [1.54, 1.807) is 0 Å². The van der Waals surface area contributed by atoms with Crippen LogP contribution in [0.4, 0.5) is 0 Å². The van der Waals surface area contributed by atoms with Crippen LogP contribution in [0.1, 0.15) is 5.56 Å². The van der Waals surface area contributed by atoms with E-state index in [-0.39, 0.29) is 17.2 Å². The lowest BCUT2D eigenvalue weighted by Crippen LogP contribution is -2.13. The lowest BCUT2D eigenvalue weighted by molar-refractivity contribution is 0.452. The van der Waals surface area contributed by atoms with Crippen molar-refractivity contribution in [3.8, 4) is 5.75 Å². The predicted octanol–water partition coefficient (Wildman–Crippen LogP) is -0.502. The van der Waals surface area contributed by atoms with Crippen molar-refractivity contribution in [1.82, 2.24) is 0 Å². The Kier molecular flexibility index (Phi) is 2.55. The highest BCUT2D eigenvalue weighted by atomic mass is 32.2. The normalized spacial score (nSPS) is 11.5. The molecule has 0 radical (unpaired) electrons. The van der Waals surface area contributed by atoms with E-state index >= 15 is 0 Å². The summed E-state index contributed by atoms with van der Waals surface area (Å²) in [6.45, 7) is 0.0647. The van der Waals surface area contributed by atoms with Gasteiger partial charge < -0.3 is 10.8 Å². The summed E-state index contributed by atoms with van der Waals surface area (Å²) in [5, 5.41) is 14.2. The molecule has 6 heteroatoms. The summed E-state index contributed by atoms with van der Waals surface area (Å²) >= 11 is 0. The molecule has 5 nitrogen and oxygen atoms in total. The maximum absolute atomic E-state index is 10.9. The molecule has 0 aliphatic carbocycles. The zero-order valence-electron chi connectivity index (χ0n) is 6.77. The van der Waals surface area contributed by atoms with Crippen LogP contribution >= 0.6 is 0 Å². The SMILES string of the molecule is NCc1cccc(S(N)(=O)=O)c1O. The molecule has 0 spiro atoms. The van der Waals surface area contributed by atoms with E-state index < -0.39 is 10.0 Å². The topological polar surface area (TPSA) is 106 Å². The van der Waals surface area contributed by atoms with Gasteiger partial charge in [0.25, 0.3) is 0 Å². The van der Waals surface area contributed by atoms with E-state index in [1.807, 2.05) is 0 Å². The van der Waals surface area contributed by atoms with Gasteiger partial charge in [0, 0.05) is 12.1 Å². The number of phenols is 1. The molecular weight excluding hydrogens is 192 g/mol. The highest BCUT2D eigenvalue weighted by Gasteiger charge is 2.15. The van der Waals surface area contributed by atoms with E-state index in [1.165, 1.54) is 18.2 Å². The van der Waals surface area contributed by atoms with Gasteiger partial charge in [-0.1, -0.05) is 12.1 Å². The first kappa shape index (κ1) is 9.97. The maximum Gasteiger partial charge on any atom is 0.241 e. The Hall–Kier alpha value is -1.11. The van der Waals surface area contributed by atoms with Crippen LogP contribution in [0, 0.1) is 0 Å². The van der Waals surface area contributed by atoms with Crippen LogP contribution in [0.2, 0.25) is 0 Å². The van der Waals surface area contributed by atoms with Gasteiger partial charge >= 0.3 is 0 Å². The van der Waals surface area contributed by atoms with E-state index in [4.69, 9.17) is 10.9 Å². The largest absolute Gasteiger partial charge is 0.506 e. The molecule has 13 heavy (non-hydrogen) atoms. The van der Waals surface area contributed by atoms with Gasteiger partial charge in [0.2, 0.25) is 10.0 Å². The van der Waals surface area contributed by atoms with Gasteiger partial charge in [-0.25, -0.2) is 13.6 Å².